The Hall–Kier alpha value is -3.46. The summed E-state index contributed by atoms with van der Waals surface area (Å²) in [5.74, 6) is -1.98. The first kappa shape index (κ1) is 19.3. The number of esters is 2. The number of hydrogen-bond acceptors (Lipinski definition) is 8. The van der Waals surface area contributed by atoms with Gasteiger partial charge in [0.25, 0.3) is 5.91 Å². The monoisotopic (exact) mass is 400 g/mol. The highest BCUT2D eigenvalue weighted by molar-refractivity contribution is 7.18. The van der Waals surface area contributed by atoms with Gasteiger partial charge in [0.15, 0.2) is 0 Å². The van der Waals surface area contributed by atoms with Crippen molar-refractivity contribution >= 4 is 45.2 Å². The Morgan fingerprint density at radius 1 is 1.11 bits per heavy atom. The van der Waals surface area contributed by atoms with Gasteiger partial charge in [0.2, 0.25) is 5.55 Å². The van der Waals surface area contributed by atoms with E-state index in [1.165, 1.54) is 20.3 Å². The zero-order valence-corrected chi connectivity index (χ0v) is 16.1. The van der Waals surface area contributed by atoms with Gasteiger partial charge in [-0.3, -0.25) is 10.2 Å². The van der Waals surface area contributed by atoms with Crippen LogP contribution in [0.15, 0.2) is 34.7 Å². The van der Waals surface area contributed by atoms with Crippen LogP contribution in [0, 0.1) is 12.3 Å². The van der Waals surface area contributed by atoms with Crippen molar-refractivity contribution in [1.82, 2.24) is 0 Å². The molecule has 2 aromatic heterocycles. The first-order chi connectivity index (χ1) is 13.4. The normalized spacial score (nSPS) is 10.5. The summed E-state index contributed by atoms with van der Waals surface area (Å²) in [6.07, 6.45) is 0. The molecule has 8 nitrogen and oxygen atoms in total. The molecule has 0 bridgehead atoms. The minimum Gasteiger partial charge on any atom is -0.465 e. The third-order valence-corrected chi connectivity index (χ3v) is 5.24. The van der Waals surface area contributed by atoms with E-state index in [-0.39, 0.29) is 26.6 Å². The molecule has 1 aromatic carbocycles. The summed E-state index contributed by atoms with van der Waals surface area (Å²) < 4.78 is 14.9. The van der Waals surface area contributed by atoms with E-state index in [0.29, 0.717) is 16.5 Å². The number of anilines is 1. The number of thiophene rings is 1. The van der Waals surface area contributed by atoms with E-state index in [9.17, 15) is 14.4 Å². The lowest BCUT2D eigenvalue weighted by molar-refractivity contribution is 0.0601. The van der Waals surface area contributed by atoms with Gasteiger partial charge in [0.05, 0.1) is 19.8 Å². The summed E-state index contributed by atoms with van der Waals surface area (Å²) in [5.41, 5.74) is 0.538. The molecule has 0 atom stereocenters. The van der Waals surface area contributed by atoms with E-state index in [4.69, 9.17) is 19.3 Å². The van der Waals surface area contributed by atoms with Gasteiger partial charge in [-0.25, -0.2) is 9.59 Å². The lowest BCUT2D eigenvalue weighted by Gasteiger charge is -2.07. The summed E-state index contributed by atoms with van der Waals surface area (Å²) in [6.45, 7) is 1.56. The van der Waals surface area contributed by atoms with Gasteiger partial charge in [-0.1, -0.05) is 18.2 Å². The van der Waals surface area contributed by atoms with Crippen molar-refractivity contribution < 1.29 is 28.3 Å². The van der Waals surface area contributed by atoms with Crippen LogP contribution in [0.2, 0.25) is 0 Å². The number of benzene rings is 1. The Kier molecular flexibility index (Phi) is 5.27. The molecule has 144 valence electrons. The molecule has 0 fully saturated rings. The summed E-state index contributed by atoms with van der Waals surface area (Å²) in [6, 6.07) is 8.51. The van der Waals surface area contributed by atoms with Crippen molar-refractivity contribution in [3.8, 4) is 0 Å². The van der Waals surface area contributed by atoms with Crippen molar-refractivity contribution in [2.75, 3.05) is 19.5 Å². The number of rotatable bonds is 4. The number of nitrogens with one attached hydrogen (secondary N) is 2. The lowest BCUT2D eigenvalue weighted by atomic mass is 10.1. The molecule has 2 N–H and O–H groups in total. The van der Waals surface area contributed by atoms with Crippen molar-refractivity contribution in [2.45, 2.75) is 6.92 Å². The molecule has 2 heterocycles. The molecular weight excluding hydrogens is 384 g/mol. The standard InChI is InChI=1S/C19H16N2O6S/c1-9-13(18(23)25-2)17(28-14(9)19(24)26-3)21-16(22)11-8-10-6-4-5-7-12(10)27-15(11)20/h4-8,20H,1-3H3,(H,21,22). The Morgan fingerprint density at radius 3 is 2.46 bits per heavy atom. The summed E-state index contributed by atoms with van der Waals surface area (Å²) in [5, 5.41) is 11.3. The van der Waals surface area contributed by atoms with Crippen LogP contribution in [0.4, 0.5) is 5.00 Å². The maximum atomic E-state index is 12.7. The third-order valence-electron chi connectivity index (χ3n) is 4.05. The number of carbonyl (C=O) groups is 3. The number of methoxy groups -OCH3 is 2. The second-order valence-electron chi connectivity index (χ2n) is 5.72. The quantitative estimate of drug-likeness (QED) is 0.650. The molecule has 0 saturated carbocycles. The molecule has 28 heavy (non-hydrogen) atoms. The van der Waals surface area contributed by atoms with Crippen LogP contribution in [0.5, 0.6) is 0 Å². The van der Waals surface area contributed by atoms with Gasteiger partial charge in [0, 0.05) is 5.39 Å². The van der Waals surface area contributed by atoms with Gasteiger partial charge >= 0.3 is 11.9 Å². The van der Waals surface area contributed by atoms with E-state index in [2.05, 4.69) is 5.32 Å². The van der Waals surface area contributed by atoms with Gasteiger partial charge < -0.3 is 19.2 Å². The van der Waals surface area contributed by atoms with Crippen LogP contribution in [0.3, 0.4) is 0 Å². The predicted octanol–water partition coefficient (Wildman–Crippen LogP) is 3.11. The Morgan fingerprint density at radius 2 is 1.79 bits per heavy atom. The highest BCUT2D eigenvalue weighted by atomic mass is 32.1. The third kappa shape index (κ3) is 3.39. The number of fused-ring (bicyclic) bond motifs is 1. The van der Waals surface area contributed by atoms with Crippen LogP contribution in [0.25, 0.3) is 11.0 Å². The number of carbonyl (C=O) groups excluding carboxylic acids is 3. The summed E-state index contributed by atoms with van der Waals surface area (Å²) in [4.78, 5) is 37.0. The Balaban J connectivity index is 2.05. The Labute approximate surface area is 163 Å². The van der Waals surface area contributed by atoms with E-state index in [1.54, 1.807) is 31.2 Å². The van der Waals surface area contributed by atoms with Crippen LogP contribution < -0.4 is 10.9 Å². The molecule has 0 spiro atoms. The maximum Gasteiger partial charge on any atom is 0.348 e. The largest absolute Gasteiger partial charge is 0.465 e. The second kappa shape index (κ2) is 7.65. The average Bonchev–Trinajstić information content (AvgIpc) is 3.01. The van der Waals surface area contributed by atoms with Gasteiger partial charge in [-0.15, -0.1) is 11.3 Å². The fraction of sp³-hybridized carbons (Fsp3) is 0.158. The minimum absolute atomic E-state index is 0.0137. The molecule has 9 heteroatoms. The number of hydrogen-bond donors (Lipinski definition) is 2. The van der Waals surface area contributed by atoms with Gasteiger partial charge in [0.1, 0.15) is 21.0 Å². The van der Waals surface area contributed by atoms with E-state index in [0.717, 1.165) is 11.3 Å². The SMILES string of the molecule is COC(=O)c1sc(NC(=O)c2cc3ccccc3oc2=N)c(C(=O)OC)c1C. The molecule has 0 aliphatic heterocycles. The fourth-order valence-electron chi connectivity index (χ4n) is 2.65. The van der Waals surface area contributed by atoms with Crippen LogP contribution in [0.1, 0.15) is 36.0 Å². The number of amides is 1. The maximum absolute atomic E-state index is 12.7. The first-order valence-electron chi connectivity index (χ1n) is 8.06. The average molecular weight is 400 g/mol. The number of para-hydroxylation sites is 1. The van der Waals surface area contributed by atoms with Gasteiger partial charge in [-0.2, -0.15) is 0 Å². The second-order valence-corrected chi connectivity index (χ2v) is 6.75. The molecule has 0 saturated heterocycles. The zero-order chi connectivity index (χ0) is 20.4. The highest BCUT2D eigenvalue weighted by Crippen LogP contribution is 2.34. The van der Waals surface area contributed by atoms with E-state index < -0.39 is 17.8 Å². The van der Waals surface area contributed by atoms with Gasteiger partial charge in [-0.05, 0) is 24.6 Å². The summed E-state index contributed by atoms with van der Waals surface area (Å²) >= 11 is 0.896. The smallest absolute Gasteiger partial charge is 0.348 e. The first-order valence-corrected chi connectivity index (χ1v) is 8.87. The topological polar surface area (TPSA) is 119 Å². The van der Waals surface area contributed by atoms with Crippen LogP contribution in [-0.2, 0) is 9.47 Å². The zero-order valence-electron chi connectivity index (χ0n) is 15.2. The Bertz CT molecular complexity index is 1160. The molecule has 0 radical (unpaired) electrons. The molecule has 3 rings (SSSR count). The molecule has 0 unspecified atom stereocenters. The fourth-order valence-corrected chi connectivity index (χ4v) is 3.76. The van der Waals surface area contributed by atoms with Crippen molar-refractivity contribution in [2.24, 2.45) is 0 Å². The summed E-state index contributed by atoms with van der Waals surface area (Å²) in [7, 11) is 2.42. The molecule has 0 aliphatic carbocycles. The molecular formula is C19H16N2O6S. The molecule has 0 aliphatic rings. The van der Waals surface area contributed by atoms with E-state index >= 15 is 0 Å². The minimum atomic E-state index is -0.700. The van der Waals surface area contributed by atoms with E-state index in [1.807, 2.05) is 0 Å². The van der Waals surface area contributed by atoms with Crippen molar-refractivity contribution in [3.63, 3.8) is 0 Å². The number of ether oxygens (including phenoxy) is 2. The van der Waals surface area contributed by atoms with Crippen LogP contribution >= 0.6 is 11.3 Å². The lowest BCUT2D eigenvalue weighted by Crippen LogP contribution is -2.21. The molecule has 1 amide bonds. The van der Waals surface area contributed by atoms with Crippen molar-refractivity contribution in [3.05, 3.63) is 57.5 Å². The molecule has 3 aromatic rings. The predicted molar refractivity (Wildman–Crippen MR) is 102 cm³/mol. The highest BCUT2D eigenvalue weighted by Gasteiger charge is 2.27. The van der Waals surface area contributed by atoms with Crippen molar-refractivity contribution in [1.29, 1.82) is 5.41 Å². The van der Waals surface area contributed by atoms with Crippen LogP contribution in [-0.4, -0.2) is 32.1 Å².